The monoisotopic (exact) mass is 182 g/mol. The molecule has 74 valence electrons. The van der Waals surface area contributed by atoms with Crippen molar-refractivity contribution in [3.63, 3.8) is 0 Å². The Kier molecular flexibility index (Phi) is 1.88. The van der Waals surface area contributed by atoms with E-state index in [1.165, 1.54) is 6.42 Å². The highest BCUT2D eigenvalue weighted by Crippen LogP contribution is 2.53. The molecule has 1 aliphatic carbocycles. The zero-order chi connectivity index (χ0) is 9.64. The Balaban J connectivity index is 1.78. The van der Waals surface area contributed by atoms with Gasteiger partial charge in [-0.2, -0.15) is 0 Å². The van der Waals surface area contributed by atoms with Crippen LogP contribution in [0.15, 0.2) is 0 Å². The molecular formula is C10H18N2O. The molecule has 13 heavy (non-hydrogen) atoms. The Morgan fingerprint density at radius 3 is 2.62 bits per heavy atom. The fourth-order valence-electron chi connectivity index (χ4n) is 2.27. The number of nitrogens with one attached hydrogen (secondary N) is 1. The van der Waals surface area contributed by atoms with Crippen LogP contribution in [0.1, 0.15) is 27.2 Å². The van der Waals surface area contributed by atoms with E-state index in [-0.39, 0.29) is 5.91 Å². The molecule has 3 heteroatoms. The van der Waals surface area contributed by atoms with Gasteiger partial charge in [-0.3, -0.25) is 4.79 Å². The highest BCUT2D eigenvalue weighted by Gasteiger charge is 2.61. The molecule has 1 aliphatic heterocycles. The van der Waals surface area contributed by atoms with Crippen LogP contribution in [0.2, 0.25) is 0 Å². The van der Waals surface area contributed by atoms with Gasteiger partial charge in [-0.25, -0.2) is 0 Å². The second-order valence-corrected chi connectivity index (χ2v) is 4.82. The van der Waals surface area contributed by atoms with Crippen LogP contribution in [0.4, 0.5) is 0 Å². The molecule has 2 rings (SSSR count). The van der Waals surface area contributed by atoms with Crippen LogP contribution in [0.5, 0.6) is 0 Å². The molecule has 1 saturated heterocycles. The maximum absolute atomic E-state index is 11.0. The van der Waals surface area contributed by atoms with Crippen molar-refractivity contribution in [1.29, 1.82) is 0 Å². The van der Waals surface area contributed by atoms with Crippen molar-refractivity contribution in [2.75, 3.05) is 13.1 Å². The van der Waals surface area contributed by atoms with E-state index in [2.05, 4.69) is 19.2 Å². The average molecular weight is 182 g/mol. The molecule has 2 aliphatic rings. The zero-order valence-electron chi connectivity index (χ0n) is 8.63. The van der Waals surface area contributed by atoms with E-state index in [0.29, 0.717) is 17.5 Å². The average Bonchev–Trinajstić information content (AvgIpc) is 2.57. The van der Waals surface area contributed by atoms with Crippen molar-refractivity contribution in [2.45, 2.75) is 39.3 Å². The van der Waals surface area contributed by atoms with E-state index in [4.69, 9.17) is 0 Å². The maximum atomic E-state index is 11.0. The molecule has 0 aromatic rings. The van der Waals surface area contributed by atoms with Crippen LogP contribution in [0, 0.1) is 5.41 Å². The molecule has 2 fully saturated rings. The Morgan fingerprint density at radius 2 is 2.15 bits per heavy atom. The standard InChI is InChI=1S/C10H18N2O/c1-7(2)11-9-4-10(9)5-12(6-10)8(3)13/h7,9,11H,4-6H2,1-3H3. The van der Waals surface area contributed by atoms with E-state index < -0.39 is 0 Å². The smallest absolute Gasteiger partial charge is 0.219 e. The molecule has 0 bridgehead atoms. The molecule has 1 amide bonds. The van der Waals surface area contributed by atoms with Crippen LogP contribution in [-0.4, -0.2) is 36.0 Å². The van der Waals surface area contributed by atoms with Gasteiger partial charge in [-0.15, -0.1) is 0 Å². The molecule has 0 aromatic heterocycles. The minimum atomic E-state index is 0.223. The number of hydrogen-bond acceptors (Lipinski definition) is 2. The lowest BCUT2D eigenvalue weighted by Gasteiger charge is -2.40. The summed E-state index contributed by atoms with van der Waals surface area (Å²) in [6.07, 6.45) is 1.26. The van der Waals surface area contributed by atoms with Crippen LogP contribution in [-0.2, 0) is 4.79 Å². The van der Waals surface area contributed by atoms with Crippen molar-refractivity contribution in [2.24, 2.45) is 5.41 Å². The van der Waals surface area contributed by atoms with Gasteiger partial charge < -0.3 is 10.2 Å². The maximum Gasteiger partial charge on any atom is 0.219 e. The van der Waals surface area contributed by atoms with Gasteiger partial charge in [0.15, 0.2) is 0 Å². The first-order valence-corrected chi connectivity index (χ1v) is 5.05. The van der Waals surface area contributed by atoms with Gasteiger partial charge in [-0.05, 0) is 6.42 Å². The zero-order valence-corrected chi connectivity index (χ0v) is 8.63. The van der Waals surface area contributed by atoms with Crippen LogP contribution < -0.4 is 5.32 Å². The topological polar surface area (TPSA) is 32.3 Å². The molecule has 1 atom stereocenters. The fraction of sp³-hybridized carbons (Fsp3) is 0.900. The van der Waals surface area contributed by atoms with E-state index in [1.807, 2.05) is 4.90 Å². The van der Waals surface area contributed by atoms with E-state index in [0.717, 1.165) is 13.1 Å². The summed E-state index contributed by atoms with van der Waals surface area (Å²) >= 11 is 0. The number of carbonyl (C=O) groups excluding carboxylic acids is 1. The Morgan fingerprint density at radius 1 is 1.54 bits per heavy atom. The third kappa shape index (κ3) is 1.46. The second-order valence-electron chi connectivity index (χ2n) is 4.82. The Bertz CT molecular complexity index is 231. The highest BCUT2D eigenvalue weighted by atomic mass is 16.2. The first kappa shape index (κ1) is 9.00. The third-order valence-electron chi connectivity index (χ3n) is 3.18. The third-order valence-corrected chi connectivity index (χ3v) is 3.18. The number of likely N-dealkylation sites (tertiary alicyclic amines) is 1. The Labute approximate surface area is 79.5 Å². The van der Waals surface area contributed by atoms with Crippen LogP contribution in [0.3, 0.4) is 0 Å². The summed E-state index contributed by atoms with van der Waals surface area (Å²) < 4.78 is 0. The second kappa shape index (κ2) is 2.71. The fourth-order valence-corrected chi connectivity index (χ4v) is 2.27. The summed E-state index contributed by atoms with van der Waals surface area (Å²) in [5.74, 6) is 0.223. The SMILES string of the molecule is CC(=O)N1CC2(CC2NC(C)C)C1. The molecule has 1 N–H and O–H groups in total. The number of carbonyl (C=O) groups is 1. The number of rotatable bonds is 2. The van der Waals surface area contributed by atoms with Crippen molar-refractivity contribution < 1.29 is 4.79 Å². The minimum absolute atomic E-state index is 0.223. The molecule has 1 unspecified atom stereocenters. The van der Waals surface area contributed by atoms with Crippen LogP contribution in [0.25, 0.3) is 0 Å². The molecule has 1 saturated carbocycles. The summed E-state index contributed by atoms with van der Waals surface area (Å²) in [5, 5.41) is 3.53. The minimum Gasteiger partial charge on any atom is -0.342 e. The van der Waals surface area contributed by atoms with Crippen molar-refractivity contribution in [1.82, 2.24) is 10.2 Å². The van der Waals surface area contributed by atoms with Gasteiger partial charge in [0, 0.05) is 37.5 Å². The van der Waals surface area contributed by atoms with Gasteiger partial charge in [0.05, 0.1) is 0 Å². The van der Waals surface area contributed by atoms with Crippen molar-refractivity contribution in [3.05, 3.63) is 0 Å². The van der Waals surface area contributed by atoms with Gasteiger partial charge in [0.25, 0.3) is 0 Å². The van der Waals surface area contributed by atoms with Crippen molar-refractivity contribution in [3.8, 4) is 0 Å². The van der Waals surface area contributed by atoms with Gasteiger partial charge in [0.1, 0.15) is 0 Å². The van der Waals surface area contributed by atoms with E-state index in [9.17, 15) is 4.79 Å². The summed E-state index contributed by atoms with van der Waals surface area (Å²) in [5.41, 5.74) is 0.468. The molecule has 0 radical (unpaired) electrons. The number of hydrogen-bond donors (Lipinski definition) is 1. The van der Waals surface area contributed by atoms with Gasteiger partial charge >= 0.3 is 0 Å². The quantitative estimate of drug-likeness (QED) is 0.678. The summed E-state index contributed by atoms with van der Waals surface area (Å²) in [7, 11) is 0. The van der Waals surface area contributed by atoms with Crippen LogP contribution >= 0.6 is 0 Å². The van der Waals surface area contributed by atoms with Crippen molar-refractivity contribution >= 4 is 5.91 Å². The van der Waals surface area contributed by atoms with Gasteiger partial charge in [0.2, 0.25) is 5.91 Å². The molecule has 1 heterocycles. The lowest BCUT2D eigenvalue weighted by Crippen LogP contribution is -2.54. The van der Waals surface area contributed by atoms with E-state index >= 15 is 0 Å². The summed E-state index contributed by atoms with van der Waals surface area (Å²) in [6, 6.07) is 1.24. The van der Waals surface area contributed by atoms with E-state index in [1.54, 1.807) is 6.92 Å². The first-order chi connectivity index (χ1) is 6.03. The lowest BCUT2D eigenvalue weighted by atomic mass is 9.95. The number of amides is 1. The summed E-state index contributed by atoms with van der Waals surface area (Å²) in [4.78, 5) is 12.9. The highest BCUT2D eigenvalue weighted by molar-refractivity contribution is 5.74. The molecular weight excluding hydrogens is 164 g/mol. The lowest BCUT2D eigenvalue weighted by molar-refractivity contribution is -0.136. The molecule has 3 nitrogen and oxygen atoms in total. The predicted octanol–water partition coefficient (Wildman–Crippen LogP) is 0.605. The number of nitrogens with zero attached hydrogens (tertiary/aromatic N) is 1. The largest absolute Gasteiger partial charge is 0.342 e. The Hall–Kier alpha value is -0.570. The van der Waals surface area contributed by atoms with Gasteiger partial charge in [-0.1, -0.05) is 13.8 Å². The molecule has 1 spiro atoms. The summed E-state index contributed by atoms with van der Waals surface area (Å²) in [6.45, 7) is 7.96. The normalized spacial score (nSPS) is 29.2. The first-order valence-electron chi connectivity index (χ1n) is 5.05. The molecule has 0 aromatic carbocycles. The predicted molar refractivity (Wildman–Crippen MR) is 51.4 cm³/mol.